The monoisotopic (exact) mass is 315 g/mol. The van der Waals surface area contributed by atoms with Gasteiger partial charge in [0.25, 0.3) is 6.47 Å². The van der Waals surface area contributed by atoms with Gasteiger partial charge in [0.15, 0.2) is 0 Å². The van der Waals surface area contributed by atoms with Gasteiger partial charge in [0.05, 0.1) is 19.8 Å². The summed E-state index contributed by atoms with van der Waals surface area (Å²) in [5.41, 5.74) is 1.01. The Morgan fingerprint density at radius 2 is 1.68 bits per heavy atom. The fourth-order valence-corrected chi connectivity index (χ4v) is 1.05. The zero-order valence-corrected chi connectivity index (χ0v) is 14.7. The van der Waals surface area contributed by atoms with Gasteiger partial charge < -0.3 is 19.9 Å². The van der Waals surface area contributed by atoms with Crippen molar-refractivity contribution in [2.75, 3.05) is 33.4 Å². The Labute approximate surface area is 135 Å². The summed E-state index contributed by atoms with van der Waals surface area (Å²) in [7, 11) is 1.86. The molecule has 0 aliphatic rings. The second-order valence-corrected chi connectivity index (χ2v) is 3.33. The van der Waals surface area contributed by atoms with Gasteiger partial charge in [0.1, 0.15) is 6.61 Å². The van der Waals surface area contributed by atoms with Crippen LogP contribution in [0.25, 0.3) is 0 Å². The van der Waals surface area contributed by atoms with E-state index in [1.54, 1.807) is 0 Å². The van der Waals surface area contributed by atoms with Gasteiger partial charge in [-0.1, -0.05) is 58.0 Å². The first-order valence-electron chi connectivity index (χ1n) is 7.77. The van der Waals surface area contributed by atoms with Crippen LogP contribution in [0.2, 0.25) is 0 Å². The van der Waals surface area contributed by atoms with Gasteiger partial charge in [0.2, 0.25) is 0 Å². The molecule has 2 N–H and O–H groups in total. The number of likely N-dealkylation sites (N-methyl/N-ethyl adjacent to an activating group) is 1. The number of rotatable bonds is 8. The summed E-state index contributed by atoms with van der Waals surface area (Å²) in [6.07, 6.45) is 0. The third kappa shape index (κ3) is 23.6. The van der Waals surface area contributed by atoms with Crippen molar-refractivity contribution in [2.45, 2.75) is 34.3 Å². The lowest BCUT2D eigenvalue weighted by Crippen LogP contribution is -2.15. The predicted octanol–water partition coefficient (Wildman–Crippen LogP) is 2.63. The second-order valence-electron chi connectivity index (χ2n) is 3.33. The average molecular weight is 315 g/mol. The predicted molar refractivity (Wildman–Crippen MR) is 91.8 cm³/mol. The summed E-state index contributed by atoms with van der Waals surface area (Å²) in [6.45, 7) is 10.9. The average Bonchev–Trinajstić information content (AvgIpc) is 2.62. The smallest absolute Gasteiger partial charge is 0.293 e. The number of aliphatic hydroxyl groups excluding tert-OH is 1. The van der Waals surface area contributed by atoms with Gasteiger partial charge in [0, 0.05) is 6.54 Å². The molecule has 0 saturated heterocycles. The van der Waals surface area contributed by atoms with Crippen LogP contribution in [-0.2, 0) is 20.9 Å². The Morgan fingerprint density at radius 1 is 1.09 bits per heavy atom. The normalized spacial score (nSPS) is 8.09. The number of carbonyl (C=O) groups is 1. The zero-order valence-electron chi connectivity index (χ0n) is 14.7. The minimum Gasteiger partial charge on any atom is -0.463 e. The second kappa shape index (κ2) is 27.8. The van der Waals surface area contributed by atoms with Crippen molar-refractivity contribution in [3.8, 4) is 0 Å². The standard InChI is InChI=1S/C8H8O2.C5H13NO2.2C2H6/c9-7-10-6-8-4-2-1-3-5-8;1-6-2-4-8-5-3-7;2*1-2/h1-5,7H,6H2;6-7H,2-5H2,1H3;2*1-2H3. The molecular formula is C17H33NO4. The lowest BCUT2D eigenvalue weighted by Gasteiger charge is -1.98. The number of aliphatic hydroxyl groups is 1. The summed E-state index contributed by atoms with van der Waals surface area (Å²) in [5.74, 6) is 0. The van der Waals surface area contributed by atoms with Crippen LogP contribution in [0.3, 0.4) is 0 Å². The van der Waals surface area contributed by atoms with Crippen LogP contribution in [0, 0.1) is 0 Å². The molecule has 22 heavy (non-hydrogen) atoms. The maximum atomic E-state index is 9.76. The fourth-order valence-electron chi connectivity index (χ4n) is 1.05. The lowest BCUT2D eigenvalue weighted by molar-refractivity contribution is -0.129. The maximum absolute atomic E-state index is 9.76. The van der Waals surface area contributed by atoms with E-state index >= 15 is 0 Å². The van der Waals surface area contributed by atoms with Crippen LogP contribution in [0.4, 0.5) is 0 Å². The Morgan fingerprint density at radius 3 is 2.14 bits per heavy atom. The third-order valence-electron chi connectivity index (χ3n) is 1.89. The summed E-state index contributed by atoms with van der Waals surface area (Å²) in [6, 6.07) is 9.55. The number of benzene rings is 1. The fraction of sp³-hybridized carbons (Fsp3) is 0.588. The summed E-state index contributed by atoms with van der Waals surface area (Å²) < 4.78 is 9.45. The van der Waals surface area contributed by atoms with Gasteiger partial charge in [-0.2, -0.15) is 0 Å². The van der Waals surface area contributed by atoms with Crippen molar-refractivity contribution >= 4 is 6.47 Å². The van der Waals surface area contributed by atoms with Crippen LogP contribution in [0.1, 0.15) is 33.3 Å². The van der Waals surface area contributed by atoms with Crippen LogP contribution < -0.4 is 5.32 Å². The molecule has 0 saturated carbocycles. The van der Waals surface area contributed by atoms with Crippen LogP contribution in [0.5, 0.6) is 0 Å². The first-order chi connectivity index (χ1) is 10.8. The van der Waals surface area contributed by atoms with Crippen molar-refractivity contribution in [3.63, 3.8) is 0 Å². The molecule has 0 amide bonds. The van der Waals surface area contributed by atoms with E-state index in [4.69, 9.17) is 9.84 Å². The lowest BCUT2D eigenvalue weighted by atomic mass is 10.2. The van der Waals surface area contributed by atoms with Gasteiger partial charge >= 0.3 is 0 Å². The Kier molecular flexibility index (Phi) is 32.3. The molecule has 130 valence electrons. The summed E-state index contributed by atoms with van der Waals surface area (Å²) >= 11 is 0. The molecule has 1 aromatic rings. The summed E-state index contributed by atoms with van der Waals surface area (Å²) in [4.78, 5) is 9.76. The van der Waals surface area contributed by atoms with Crippen LogP contribution in [0.15, 0.2) is 30.3 Å². The van der Waals surface area contributed by atoms with Crippen molar-refractivity contribution in [2.24, 2.45) is 0 Å². The Hall–Kier alpha value is -1.43. The molecule has 5 nitrogen and oxygen atoms in total. The minimum atomic E-state index is 0.115. The van der Waals surface area contributed by atoms with E-state index in [0.717, 1.165) is 12.1 Å². The highest BCUT2D eigenvalue weighted by molar-refractivity contribution is 5.37. The van der Waals surface area contributed by atoms with Crippen LogP contribution in [-0.4, -0.2) is 45.0 Å². The third-order valence-corrected chi connectivity index (χ3v) is 1.89. The number of hydrogen-bond acceptors (Lipinski definition) is 5. The van der Waals surface area contributed by atoms with E-state index in [0.29, 0.717) is 26.3 Å². The number of hydrogen-bond donors (Lipinski definition) is 2. The Balaban J connectivity index is -0.000000272. The van der Waals surface area contributed by atoms with Crippen molar-refractivity contribution < 1.29 is 19.4 Å². The van der Waals surface area contributed by atoms with Crippen molar-refractivity contribution in [1.29, 1.82) is 0 Å². The minimum absolute atomic E-state index is 0.115. The summed E-state index contributed by atoms with van der Waals surface area (Å²) in [5, 5.41) is 11.1. The number of ether oxygens (including phenoxy) is 2. The van der Waals surface area contributed by atoms with Crippen LogP contribution >= 0.6 is 0 Å². The van der Waals surface area contributed by atoms with Crippen molar-refractivity contribution in [1.82, 2.24) is 5.32 Å². The molecular weight excluding hydrogens is 282 g/mol. The highest BCUT2D eigenvalue weighted by Gasteiger charge is 1.87. The van der Waals surface area contributed by atoms with Gasteiger partial charge in [-0.05, 0) is 12.6 Å². The first kappa shape index (κ1) is 25.5. The van der Waals surface area contributed by atoms with E-state index in [-0.39, 0.29) is 6.61 Å². The molecule has 0 spiro atoms. The first-order valence-corrected chi connectivity index (χ1v) is 7.77. The molecule has 0 aliphatic carbocycles. The molecule has 5 heteroatoms. The molecule has 0 atom stereocenters. The molecule has 0 radical (unpaired) electrons. The van der Waals surface area contributed by atoms with Gasteiger partial charge in [-0.15, -0.1) is 0 Å². The molecule has 1 rings (SSSR count). The molecule has 0 fully saturated rings. The molecule has 0 aromatic heterocycles. The number of nitrogens with one attached hydrogen (secondary N) is 1. The van der Waals surface area contributed by atoms with E-state index in [2.05, 4.69) is 10.1 Å². The van der Waals surface area contributed by atoms with Gasteiger partial charge in [-0.3, -0.25) is 4.79 Å². The largest absolute Gasteiger partial charge is 0.463 e. The zero-order chi connectivity index (χ0) is 17.5. The highest BCUT2D eigenvalue weighted by Crippen LogP contribution is 1.98. The highest BCUT2D eigenvalue weighted by atomic mass is 16.5. The Bertz CT molecular complexity index is 275. The van der Waals surface area contributed by atoms with E-state index in [1.165, 1.54) is 0 Å². The topological polar surface area (TPSA) is 67.8 Å². The molecule has 0 aliphatic heterocycles. The number of carbonyl (C=O) groups excluding carboxylic acids is 1. The van der Waals surface area contributed by atoms with Gasteiger partial charge in [-0.25, -0.2) is 0 Å². The van der Waals surface area contributed by atoms with E-state index in [9.17, 15) is 4.79 Å². The SMILES string of the molecule is CC.CC.CNCCOCCO.O=COCc1ccccc1. The molecule has 0 heterocycles. The molecule has 1 aromatic carbocycles. The van der Waals surface area contributed by atoms with Crippen molar-refractivity contribution in [3.05, 3.63) is 35.9 Å². The van der Waals surface area contributed by atoms with E-state index < -0.39 is 0 Å². The maximum Gasteiger partial charge on any atom is 0.293 e. The molecule has 0 unspecified atom stereocenters. The quantitative estimate of drug-likeness (QED) is 0.570. The molecule has 0 bridgehead atoms. The van der Waals surface area contributed by atoms with E-state index in [1.807, 2.05) is 65.1 Å².